The second-order valence-corrected chi connectivity index (χ2v) is 6.00. The molecule has 1 aliphatic heterocycles. The largest absolute Gasteiger partial charge is 0.298 e. The van der Waals surface area contributed by atoms with Gasteiger partial charge in [-0.15, -0.1) is 11.6 Å². The van der Waals surface area contributed by atoms with Gasteiger partial charge in [-0.05, 0) is 46.4 Å². The summed E-state index contributed by atoms with van der Waals surface area (Å²) in [7, 11) is 0. The van der Waals surface area contributed by atoms with E-state index in [-0.39, 0.29) is 5.38 Å². The van der Waals surface area contributed by atoms with E-state index < -0.39 is 0 Å². The van der Waals surface area contributed by atoms with Gasteiger partial charge in [0.05, 0.1) is 0 Å². The second kappa shape index (κ2) is 5.48. The van der Waals surface area contributed by atoms with E-state index in [2.05, 4.69) is 38.8 Å². The smallest absolute Gasteiger partial charge is 0.0489 e. The number of nitrogens with zero attached hydrogens (tertiary/aromatic N) is 2. The minimum absolute atomic E-state index is 0.286. The monoisotopic (exact) mass is 302 g/mol. The summed E-state index contributed by atoms with van der Waals surface area (Å²) in [5.41, 5.74) is 1.24. The summed E-state index contributed by atoms with van der Waals surface area (Å²) in [6, 6.07) is 2.12. The van der Waals surface area contributed by atoms with E-state index in [1.54, 1.807) is 0 Å². The molecule has 1 aromatic rings. The van der Waals surface area contributed by atoms with Crippen molar-refractivity contribution in [1.29, 1.82) is 0 Å². The molecular formula is C12H16BrClN2. The van der Waals surface area contributed by atoms with Crippen LogP contribution in [0.4, 0.5) is 0 Å². The lowest BCUT2D eigenvalue weighted by molar-refractivity contribution is 0.189. The zero-order chi connectivity index (χ0) is 11.5. The molecule has 0 aromatic carbocycles. The van der Waals surface area contributed by atoms with Crippen LogP contribution in [0.3, 0.4) is 0 Å². The molecule has 0 amide bonds. The molecule has 1 fully saturated rings. The Balaban J connectivity index is 1.95. The van der Waals surface area contributed by atoms with E-state index in [1.807, 2.05) is 12.4 Å². The third kappa shape index (κ3) is 3.19. The van der Waals surface area contributed by atoms with Gasteiger partial charge in [0, 0.05) is 35.3 Å². The number of halogens is 2. The molecule has 88 valence electrons. The molecule has 1 saturated heterocycles. The number of pyridine rings is 1. The predicted molar refractivity (Wildman–Crippen MR) is 70.6 cm³/mol. The molecule has 0 N–H and O–H groups in total. The Bertz CT molecular complexity index is 359. The third-order valence-corrected chi connectivity index (χ3v) is 4.12. The van der Waals surface area contributed by atoms with Gasteiger partial charge in [0.25, 0.3) is 0 Å². The second-order valence-electron chi connectivity index (χ2n) is 4.53. The maximum absolute atomic E-state index is 6.29. The first-order valence-electron chi connectivity index (χ1n) is 5.61. The van der Waals surface area contributed by atoms with E-state index in [0.29, 0.717) is 5.92 Å². The average Bonchev–Trinajstić information content (AvgIpc) is 2.24. The summed E-state index contributed by atoms with van der Waals surface area (Å²) >= 11 is 9.73. The highest BCUT2D eigenvalue weighted by Gasteiger charge is 2.24. The van der Waals surface area contributed by atoms with Crippen LogP contribution in [0, 0.1) is 5.92 Å². The van der Waals surface area contributed by atoms with Gasteiger partial charge in [-0.2, -0.15) is 0 Å². The van der Waals surface area contributed by atoms with Crippen molar-refractivity contribution >= 4 is 27.5 Å². The zero-order valence-corrected chi connectivity index (χ0v) is 11.7. The van der Waals surface area contributed by atoms with Crippen LogP contribution < -0.4 is 0 Å². The highest BCUT2D eigenvalue weighted by molar-refractivity contribution is 9.10. The maximum atomic E-state index is 6.29. The van der Waals surface area contributed by atoms with Crippen LogP contribution >= 0.6 is 27.5 Å². The van der Waals surface area contributed by atoms with Gasteiger partial charge in [0.15, 0.2) is 0 Å². The van der Waals surface area contributed by atoms with Crippen LogP contribution in [0.5, 0.6) is 0 Å². The molecule has 2 atom stereocenters. The van der Waals surface area contributed by atoms with Gasteiger partial charge in [-0.1, -0.05) is 6.92 Å². The van der Waals surface area contributed by atoms with E-state index in [0.717, 1.165) is 24.1 Å². The van der Waals surface area contributed by atoms with Gasteiger partial charge in [0.1, 0.15) is 0 Å². The van der Waals surface area contributed by atoms with Crippen LogP contribution in [0.25, 0.3) is 0 Å². The molecule has 1 aliphatic rings. The Labute approximate surface area is 110 Å². The molecule has 1 aromatic heterocycles. The third-order valence-electron chi connectivity index (χ3n) is 3.12. The van der Waals surface area contributed by atoms with Gasteiger partial charge in [-0.3, -0.25) is 9.88 Å². The van der Waals surface area contributed by atoms with Gasteiger partial charge in [0.2, 0.25) is 0 Å². The lowest BCUT2D eigenvalue weighted by atomic mass is 9.98. The van der Waals surface area contributed by atoms with Crippen LogP contribution in [0.15, 0.2) is 22.9 Å². The number of hydrogen-bond donors (Lipinski definition) is 0. The minimum atomic E-state index is 0.286. The van der Waals surface area contributed by atoms with Crippen LogP contribution in [0.2, 0.25) is 0 Å². The first-order valence-corrected chi connectivity index (χ1v) is 6.84. The summed E-state index contributed by atoms with van der Waals surface area (Å²) in [4.78, 5) is 6.58. The lowest BCUT2D eigenvalue weighted by Gasteiger charge is -2.33. The molecule has 16 heavy (non-hydrogen) atoms. The zero-order valence-electron chi connectivity index (χ0n) is 9.37. The van der Waals surface area contributed by atoms with Crippen molar-refractivity contribution in [2.24, 2.45) is 5.92 Å². The van der Waals surface area contributed by atoms with Crippen molar-refractivity contribution < 1.29 is 0 Å². The van der Waals surface area contributed by atoms with Gasteiger partial charge < -0.3 is 0 Å². The van der Waals surface area contributed by atoms with Crippen molar-refractivity contribution in [3.63, 3.8) is 0 Å². The average molecular weight is 304 g/mol. The number of alkyl halides is 1. The fourth-order valence-corrected chi connectivity index (χ4v) is 2.76. The highest BCUT2D eigenvalue weighted by atomic mass is 79.9. The van der Waals surface area contributed by atoms with Crippen molar-refractivity contribution in [3.05, 3.63) is 28.5 Å². The predicted octanol–water partition coefficient (Wildman–Crippen LogP) is 3.29. The number of rotatable bonds is 2. The number of aromatic nitrogens is 1. The highest BCUT2D eigenvalue weighted by Crippen LogP contribution is 2.23. The molecule has 0 radical (unpaired) electrons. The Morgan fingerprint density at radius 2 is 2.38 bits per heavy atom. The van der Waals surface area contributed by atoms with Crippen LogP contribution in [0.1, 0.15) is 18.9 Å². The fraction of sp³-hybridized carbons (Fsp3) is 0.583. The topological polar surface area (TPSA) is 16.1 Å². The molecule has 2 unspecified atom stereocenters. The van der Waals surface area contributed by atoms with E-state index in [4.69, 9.17) is 11.6 Å². The number of hydrogen-bond acceptors (Lipinski definition) is 2. The summed E-state index contributed by atoms with van der Waals surface area (Å²) in [5, 5.41) is 0.286. The quantitative estimate of drug-likeness (QED) is 0.779. The summed E-state index contributed by atoms with van der Waals surface area (Å²) in [6.07, 6.45) is 4.92. The van der Waals surface area contributed by atoms with Crippen molar-refractivity contribution in [2.45, 2.75) is 25.3 Å². The summed E-state index contributed by atoms with van der Waals surface area (Å²) in [6.45, 7) is 5.30. The lowest BCUT2D eigenvalue weighted by Crippen LogP contribution is -2.39. The summed E-state index contributed by atoms with van der Waals surface area (Å²) < 4.78 is 1.04. The Kier molecular flexibility index (Phi) is 4.22. The van der Waals surface area contributed by atoms with Gasteiger partial charge in [-0.25, -0.2) is 0 Å². The molecule has 2 heterocycles. The molecule has 0 bridgehead atoms. The van der Waals surface area contributed by atoms with Gasteiger partial charge >= 0.3 is 0 Å². The Hall–Kier alpha value is -0.120. The Morgan fingerprint density at radius 1 is 1.56 bits per heavy atom. The molecule has 2 rings (SSSR count). The van der Waals surface area contributed by atoms with Crippen molar-refractivity contribution in [2.75, 3.05) is 13.1 Å². The standard InChI is InChI=1S/C12H16BrClN2/c1-9-2-3-16(8-12(9)14)7-10-4-11(13)6-15-5-10/h4-6,9,12H,2-3,7-8H2,1H3. The van der Waals surface area contributed by atoms with Crippen molar-refractivity contribution in [3.8, 4) is 0 Å². The first kappa shape index (κ1) is 12.3. The normalized spacial score (nSPS) is 26.9. The Morgan fingerprint density at radius 3 is 3.06 bits per heavy atom. The first-order chi connectivity index (χ1) is 7.65. The van der Waals surface area contributed by atoms with E-state index >= 15 is 0 Å². The fourth-order valence-electron chi connectivity index (χ4n) is 2.03. The molecule has 0 spiro atoms. The molecule has 0 saturated carbocycles. The van der Waals surface area contributed by atoms with Crippen LogP contribution in [-0.4, -0.2) is 28.4 Å². The number of likely N-dealkylation sites (tertiary alicyclic amines) is 1. The van der Waals surface area contributed by atoms with E-state index in [1.165, 1.54) is 12.0 Å². The number of piperidine rings is 1. The molecule has 2 nitrogen and oxygen atoms in total. The maximum Gasteiger partial charge on any atom is 0.0489 e. The summed E-state index contributed by atoms with van der Waals surface area (Å²) in [5.74, 6) is 0.638. The minimum Gasteiger partial charge on any atom is -0.298 e. The molecule has 0 aliphatic carbocycles. The molecular weight excluding hydrogens is 288 g/mol. The van der Waals surface area contributed by atoms with E-state index in [9.17, 15) is 0 Å². The SMILES string of the molecule is CC1CCN(Cc2cncc(Br)c2)CC1Cl. The van der Waals surface area contributed by atoms with Crippen LogP contribution in [-0.2, 0) is 6.54 Å². The van der Waals surface area contributed by atoms with Crippen molar-refractivity contribution in [1.82, 2.24) is 9.88 Å². The molecule has 4 heteroatoms.